The standard InChI is InChI=1S/C20H25N3O2/c1-5-15-8-6-7-14(2)19(15)21-13-18(24)22-17-11-9-16(10-12-17)20(25)23(3)4/h6-12,21H,5,13H2,1-4H3,(H,22,24). The Kier molecular flexibility index (Phi) is 6.17. The lowest BCUT2D eigenvalue weighted by Crippen LogP contribution is -2.23. The van der Waals surface area contributed by atoms with Crippen LogP contribution in [0.4, 0.5) is 11.4 Å². The van der Waals surface area contributed by atoms with Gasteiger partial charge < -0.3 is 15.5 Å². The van der Waals surface area contributed by atoms with Gasteiger partial charge in [0.2, 0.25) is 5.91 Å². The van der Waals surface area contributed by atoms with Crippen molar-refractivity contribution < 1.29 is 9.59 Å². The number of carbonyl (C=O) groups excluding carboxylic acids is 2. The van der Waals surface area contributed by atoms with Crippen LogP contribution in [0.25, 0.3) is 0 Å². The van der Waals surface area contributed by atoms with Gasteiger partial charge in [0.1, 0.15) is 0 Å². The maximum absolute atomic E-state index is 12.2. The van der Waals surface area contributed by atoms with Gasteiger partial charge in [-0.3, -0.25) is 9.59 Å². The van der Waals surface area contributed by atoms with Crippen LogP contribution >= 0.6 is 0 Å². The Morgan fingerprint density at radius 1 is 1.04 bits per heavy atom. The molecule has 5 heteroatoms. The number of nitrogens with zero attached hydrogens (tertiary/aromatic N) is 1. The molecule has 2 aromatic carbocycles. The van der Waals surface area contributed by atoms with Gasteiger partial charge in [-0.1, -0.05) is 25.1 Å². The highest BCUT2D eigenvalue weighted by atomic mass is 16.2. The third-order valence-electron chi connectivity index (χ3n) is 3.99. The quantitative estimate of drug-likeness (QED) is 0.849. The van der Waals surface area contributed by atoms with Gasteiger partial charge in [-0.2, -0.15) is 0 Å². The van der Waals surface area contributed by atoms with E-state index in [1.807, 2.05) is 19.1 Å². The molecule has 132 valence electrons. The first kappa shape index (κ1) is 18.5. The molecule has 5 nitrogen and oxygen atoms in total. The van der Waals surface area contributed by atoms with Crippen molar-refractivity contribution in [1.29, 1.82) is 0 Å². The van der Waals surface area contributed by atoms with E-state index in [4.69, 9.17) is 0 Å². The van der Waals surface area contributed by atoms with E-state index >= 15 is 0 Å². The molecule has 2 amide bonds. The van der Waals surface area contributed by atoms with Crippen LogP contribution in [0.1, 0.15) is 28.4 Å². The van der Waals surface area contributed by atoms with E-state index in [1.54, 1.807) is 38.4 Å². The SMILES string of the molecule is CCc1cccc(C)c1NCC(=O)Nc1ccc(C(=O)N(C)C)cc1. The molecule has 0 saturated heterocycles. The summed E-state index contributed by atoms with van der Waals surface area (Å²) in [7, 11) is 3.42. The molecule has 0 atom stereocenters. The van der Waals surface area contributed by atoms with Crippen molar-refractivity contribution >= 4 is 23.2 Å². The van der Waals surface area contributed by atoms with Crippen molar-refractivity contribution in [1.82, 2.24) is 4.90 Å². The predicted molar refractivity (Wildman–Crippen MR) is 102 cm³/mol. The van der Waals surface area contributed by atoms with Crippen molar-refractivity contribution in [2.24, 2.45) is 0 Å². The van der Waals surface area contributed by atoms with Crippen LogP contribution in [-0.2, 0) is 11.2 Å². The number of hydrogen-bond donors (Lipinski definition) is 2. The zero-order valence-electron chi connectivity index (χ0n) is 15.2. The second-order valence-corrected chi connectivity index (χ2v) is 6.14. The van der Waals surface area contributed by atoms with Gasteiger partial charge in [0.15, 0.2) is 0 Å². The Labute approximate surface area is 149 Å². The second-order valence-electron chi connectivity index (χ2n) is 6.14. The van der Waals surface area contributed by atoms with Crippen molar-refractivity contribution in [3.63, 3.8) is 0 Å². The fourth-order valence-electron chi connectivity index (χ4n) is 2.60. The summed E-state index contributed by atoms with van der Waals surface area (Å²) in [6.07, 6.45) is 0.910. The van der Waals surface area contributed by atoms with Crippen LogP contribution in [0.2, 0.25) is 0 Å². The molecule has 0 aliphatic rings. The summed E-state index contributed by atoms with van der Waals surface area (Å²) >= 11 is 0. The molecular weight excluding hydrogens is 314 g/mol. The molecule has 2 rings (SSSR count). The number of benzene rings is 2. The summed E-state index contributed by atoms with van der Waals surface area (Å²) in [6.45, 7) is 4.31. The Morgan fingerprint density at radius 3 is 2.32 bits per heavy atom. The summed E-state index contributed by atoms with van der Waals surface area (Å²) in [5, 5.41) is 6.06. The monoisotopic (exact) mass is 339 g/mol. The predicted octanol–water partition coefficient (Wildman–Crippen LogP) is 3.31. The Balaban J connectivity index is 1.96. The first-order chi connectivity index (χ1) is 11.9. The average molecular weight is 339 g/mol. The third kappa shape index (κ3) is 4.83. The minimum Gasteiger partial charge on any atom is -0.376 e. The number of anilines is 2. The highest BCUT2D eigenvalue weighted by Crippen LogP contribution is 2.20. The van der Waals surface area contributed by atoms with Crippen LogP contribution in [-0.4, -0.2) is 37.4 Å². The second kappa shape index (κ2) is 8.33. The molecule has 0 aliphatic heterocycles. The molecule has 0 unspecified atom stereocenters. The third-order valence-corrected chi connectivity index (χ3v) is 3.99. The van der Waals surface area contributed by atoms with E-state index in [0.29, 0.717) is 11.3 Å². The molecule has 0 fully saturated rings. The lowest BCUT2D eigenvalue weighted by Gasteiger charge is -2.14. The first-order valence-corrected chi connectivity index (χ1v) is 8.36. The first-order valence-electron chi connectivity index (χ1n) is 8.36. The summed E-state index contributed by atoms with van der Waals surface area (Å²) in [4.78, 5) is 25.6. The van der Waals surface area contributed by atoms with Gasteiger partial charge in [0.25, 0.3) is 5.91 Å². The maximum Gasteiger partial charge on any atom is 0.253 e. The number of nitrogens with one attached hydrogen (secondary N) is 2. The smallest absolute Gasteiger partial charge is 0.253 e. The van der Waals surface area contributed by atoms with Crippen molar-refractivity contribution in [3.05, 3.63) is 59.2 Å². The Bertz CT molecular complexity index is 752. The van der Waals surface area contributed by atoms with Crippen LogP contribution in [0, 0.1) is 6.92 Å². The number of amides is 2. The number of rotatable bonds is 6. The van der Waals surface area contributed by atoms with E-state index in [0.717, 1.165) is 17.7 Å². The van der Waals surface area contributed by atoms with Gasteiger partial charge in [-0.25, -0.2) is 0 Å². The molecule has 2 aromatic rings. The fourth-order valence-corrected chi connectivity index (χ4v) is 2.60. The number of hydrogen-bond acceptors (Lipinski definition) is 3. The minimum absolute atomic E-state index is 0.0637. The van der Waals surface area contributed by atoms with Crippen molar-refractivity contribution in [2.45, 2.75) is 20.3 Å². The van der Waals surface area contributed by atoms with Gasteiger partial charge in [-0.15, -0.1) is 0 Å². The van der Waals surface area contributed by atoms with E-state index < -0.39 is 0 Å². The molecule has 25 heavy (non-hydrogen) atoms. The van der Waals surface area contributed by atoms with Gasteiger partial charge in [0, 0.05) is 31.0 Å². The Morgan fingerprint density at radius 2 is 1.72 bits per heavy atom. The molecule has 0 spiro atoms. The normalized spacial score (nSPS) is 10.2. The van der Waals surface area contributed by atoms with Crippen LogP contribution < -0.4 is 10.6 Å². The minimum atomic E-state index is -0.128. The highest BCUT2D eigenvalue weighted by molar-refractivity contribution is 5.96. The summed E-state index contributed by atoms with van der Waals surface area (Å²) in [5.41, 5.74) is 4.60. The summed E-state index contributed by atoms with van der Waals surface area (Å²) in [6, 6.07) is 13.0. The van der Waals surface area contributed by atoms with Crippen molar-refractivity contribution in [2.75, 3.05) is 31.3 Å². The molecule has 2 N–H and O–H groups in total. The average Bonchev–Trinajstić information content (AvgIpc) is 2.60. The molecular formula is C20H25N3O2. The van der Waals surface area contributed by atoms with Gasteiger partial charge >= 0.3 is 0 Å². The summed E-state index contributed by atoms with van der Waals surface area (Å²) < 4.78 is 0. The number of carbonyl (C=O) groups is 2. The highest BCUT2D eigenvalue weighted by Gasteiger charge is 2.09. The maximum atomic E-state index is 12.2. The molecule has 0 bridgehead atoms. The largest absolute Gasteiger partial charge is 0.376 e. The lowest BCUT2D eigenvalue weighted by molar-refractivity contribution is -0.114. The molecule has 0 saturated carbocycles. The van der Waals surface area contributed by atoms with E-state index in [2.05, 4.69) is 23.6 Å². The van der Waals surface area contributed by atoms with Gasteiger partial charge in [0.05, 0.1) is 6.54 Å². The fraction of sp³-hybridized carbons (Fsp3) is 0.300. The zero-order valence-corrected chi connectivity index (χ0v) is 15.2. The van der Waals surface area contributed by atoms with Crippen LogP contribution in [0.3, 0.4) is 0 Å². The topological polar surface area (TPSA) is 61.4 Å². The Hall–Kier alpha value is -2.82. The zero-order chi connectivity index (χ0) is 18.4. The van der Waals surface area contributed by atoms with Crippen LogP contribution in [0.5, 0.6) is 0 Å². The number of aryl methyl sites for hydroxylation is 2. The van der Waals surface area contributed by atoms with E-state index in [1.165, 1.54) is 10.5 Å². The van der Waals surface area contributed by atoms with E-state index in [-0.39, 0.29) is 18.4 Å². The van der Waals surface area contributed by atoms with Crippen molar-refractivity contribution in [3.8, 4) is 0 Å². The van der Waals surface area contributed by atoms with Crippen LogP contribution in [0.15, 0.2) is 42.5 Å². The van der Waals surface area contributed by atoms with E-state index in [9.17, 15) is 9.59 Å². The molecule has 0 heterocycles. The van der Waals surface area contributed by atoms with Gasteiger partial charge in [-0.05, 0) is 48.7 Å². The number of para-hydroxylation sites is 1. The summed E-state index contributed by atoms with van der Waals surface area (Å²) in [5.74, 6) is -0.191. The molecule has 0 aromatic heterocycles. The molecule has 0 aliphatic carbocycles. The molecule has 0 radical (unpaired) electrons. The lowest BCUT2D eigenvalue weighted by atomic mass is 10.1.